The van der Waals surface area contributed by atoms with Crippen LogP contribution in [0.2, 0.25) is 0 Å². The third-order valence-corrected chi connectivity index (χ3v) is 5.94. The van der Waals surface area contributed by atoms with Gasteiger partial charge in [0.15, 0.2) is 5.65 Å². The number of fused-ring (bicyclic) bond motifs is 2. The molecule has 5 rings (SSSR count). The number of hydrogen-bond donors (Lipinski definition) is 0. The van der Waals surface area contributed by atoms with Crippen molar-refractivity contribution in [2.45, 2.75) is 18.0 Å². The van der Waals surface area contributed by atoms with Gasteiger partial charge >= 0.3 is 0 Å². The number of aryl methyl sites for hydroxylation is 1. The second kappa shape index (κ2) is 7.67. The summed E-state index contributed by atoms with van der Waals surface area (Å²) < 4.78 is 1.71. The Morgan fingerprint density at radius 2 is 1.79 bits per heavy atom. The predicted octanol–water partition coefficient (Wildman–Crippen LogP) is 3.86. The van der Waals surface area contributed by atoms with Crippen molar-refractivity contribution in [1.29, 1.82) is 0 Å². The lowest BCUT2D eigenvalue weighted by molar-refractivity contribution is -0.116. The highest BCUT2D eigenvalue weighted by molar-refractivity contribution is 7.99. The summed E-state index contributed by atoms with van der Waals surface area (Å²) in [4.78, 5) is 14.8. The molecule has 7 heteroatoms. The number of aromatic nitrogens is 4. The first-order valence-corrected chi connectivity index (χ1v) is 10.6. The van der Waals surface area contributed by atoms with E-state index in [0.29, 0.717) is 16.6 Å². The van der Waals surface area contributed by atoms with Crippen molar-refractivity contribution in [1.82, 2.24) is 19.8 Å². The van der Waals surface area contributed by atoms with Crippen molar-refractivity contribution in [2.75, 3.05) is 17.2 Å². The molecule has 1 aliphatic rings. The molecule has 0 aliphatic carbocycles. The maximum Gasteiger partial charge on any atom is 0.237 e. The highest BCUT2D eigenvalue weighted by Gasteiger charge is 2.22. The van der Waals surface area contributed by atoms with E-state index < -0.39 is 0 Å². The van der Waals surface area contributed by atoms with Crippen molar-refractivity contribution >= 4 is 29.0 Å². The van der Waals surface area contributed by atoms with Gasteiger partial charge in [0.1, 0.15) is 0 Å². The average Bonchev–Trinajstić information content (AvgIpc) is 3.20. The van der Waals surface area contributed by atoms with Crippen LogP contribution in [-0.2, 0) is 11.2 Å². The van der Waals surface area contributed by atoms with Gasteiger partial charge in [0.2, 0.25) is 11.1 Å². The van der Waals surface area contributed by atoms with E-state index in [4.69, 9.17) is 0 Å². The van der Waals surface area contributed by atoms with Crippen LogP contribution < -0.4 is 4.90 Å². The zero-order valence-electron chi connectivity index (χ0n) is 15.7. The second-order valence-electron chi connectivity index (χ2n) is 6.90. The molecule has 1 aliphatic heterocycles. The van der Waals surface area contributed by atoms with E-state index in [1.165, 1.54) is 17.3 Å². The van der Waals surface area contributed by atoms with Crippen LogP contribution in [0.4, 0.5) is 5.69 Å². The van der Waals surface area contributed by atoms with Crippen molar-refractivity contribution in [3.63, 3.8) is 0 Å². The number of hydrogen-bond acceptors (Lipinski definition) is 5. The molecule has 0 N–H and O–H groups in total. The number of nitrogens with zero attached hydrogens (tertiary/aromatic N) is 5. The molecule has 0 bridgehead atoms. The molecule has 2 aromatic heterocycles. The number of carbonyl (C=O) groups excluding carboxylic acids is 1. The first-order chi connectivity index (χ1) is 14.3. The van der Waals surface area contributed by atoms with E-state index in [2.05, 4.69) is 21.4 Å². The van der Waals surface area contributed by atoms with E-state index >= 15 is 0 Å². The summed E-state index contributed by atoms with van der Waals surface area (Å²) in [5.74, 6) is 0.380. The molecule has 0 spiro atoms. The molecule has 0 saturated carbocycles. The fourth-order valence-electron chi connectivity index (χ4n) is 3.62. The third-order valence-electron chi connectivity index (χ3n) is 5.04. The number of thioether (sulfide) groups is 1. The fraction of sp³-hybridized carbons (Fsp3) is 0.182. The molecule has 3 heterocycles. The quantitative estimate of drug-likeness (QED) is 0.486. The Labute approximate surface area is 172 Å². The number of carbonyl (C=O) groups is 1. The van der Waals surface area contributed by atoms with Gasteiger partial charge in [0, 0.05) is 17.8 Å². The molecule has 29 heavy (non-hydrogen) atoms. The van der Waals surface area contributed by atoms with Crippen LogP contribution in [0.5, 0.6) is 0 Å². The Kier molecular flexibility index (Phi) is 4.73. The summed E-state index contributed by atoms with van der Waals surface area (Å²) in [6.45, 7) is 0.757. The summed E-state index contributed by atoms with van der Waals surface area (Å²) in [6, 6.07) is 21.9. The smallest absolute Gasteiger partial charge is 0.237 e. The minimum Gasteiger partial charge on any atom is -0.311 e. The molecule has 0 fully saturated rings. The van der Waals surface area contributed by atoms with Gasteiger partial charge < -0.3 is 4.90 Å². The fourth-order valence-corrected chi connectivity index (χ4v) is 4.38. The van der Waals surface area contributed by atoms with Gasteiger partial charge in [0.05, 0.1) is 11.4 Å². The molecule has 1 amide bonds. The van der Waals surface area contributed by atoms with Crippen LogP contribution >= 0.6 is 11.8 Å². The molecule has 0 atom stereocenters. The average molecular weight is 401 g/mol. The van der Waals surface area contributed by atoms with Crippen molar-refractivity contribution < 1.29 is 4.79 Å². The van der Waals surface area contributed by atoms with Crippen molar-refractivity contribution in [2.24, 2.45) is 0 Å². The minimum atomic E-state index is 0.0816. The van der Waals surface area contributed by atoms with Gasteiger partial charge in [-0.3, -0.25) is 4.79 Å². The zero-order chi connectivity index (χ0) is 19.6. The molecule has 0 radical (unpaired) electrons. The van der Waals surface area contributed by atoms with Gasteiger partial charge in [-0.15, -0.1) is 10.2 Å². The van der Waals surface area contributed by atoms with Gasteiger partial charge in [-0.05, 0) is 36.6 Å². The summed E-state index contributed by atoms with van der Waals surface area (Å²) >= 11 is 1.37. The minimum absolute atomic E-state index is 0.0816. The van der Waals surface area contributed by atoms with Crippen molar-refractivity contribution in [3.05, 3.63) is 72.3 Å². The number of benzene rings is 2. The molecule has 0 unspecified atom stereocenters. The Hall–Kier alpha value is -3.19. The SMILES string of the molecule is O=C(CSc1nnc2ccc(-c3ccccc3)nn12)N1CCCc2ccccc21. The molecule has 2 aromatic carbocycles. The molecule has 4 aromatic rings. The van der Waals surface area contributed by atoms with Gasteiger partial charge in [0.25, 0.3) is 0 Å². The first-order valence-electron chi connectivity index (χ1n) is 9.58. The summed E-state index contributed by atoms with van der Waals surface area (Å²) in [6.07, 6.45) is 2.01. The van der Waals surface area contributed by atoms with Gasteiger partial charge in [-0.1, -0.05) is 60.3 Å². The second-order valence-corrected chi connectivity index (χ2v) is 7.85. The number of para-hydroxylation sites is 1. The molecular formula is C22H19N5OS. The Balaban J connectivity index is 1.37. The van der Waals surface area contributed by atoms with Crippen LogP contribution in [0.15, 0.2) is 71.9 Å². The van der Waals surface area contributed by atoms with E-state index in [1.807, 2.05) is 65.6 Å². The zero-order valence-corrected chi connectivity index (χ0v) is 16.5. The van der Waals surface area contributed by atoms with E-state index in [1.54, 1.807) is 4.52 Å². The maximum absolute atomic E-state index is 12.9. The summed E-state index contributed by atoms with van der Waals surface area (Å²) in [5.41, 5.74) is 4.80. The Morgan fingerprint density at radius 3 is 2.69 bits per heavy atom. The first kappa shape index (κ1) is 17.9. The maximum atomic E-state index is 12.9. The van der Waals surface area contributed by atoms with Gasteiger partial charge in [-0.25, -0.2) is 0 Å². The van der Waals surface area contributed by atoms with Crippen LogP contribution in [0.25, 0.3) is 16.9 Å². The lowest BCUT2D eigenvalue weighted by Crippen LogP contribution is -2.36. The Bertz CT molecular complexity index is 1170. The highest BCUT2D eigenvalue weighted by Crippen LogP contribution is 2.28. The standard InChI is InChI=1S/C22H19N5OS/c28-21(26-14-6-10-17-9-4-5-11-19(17)26)15-29-22-24-23-20-13-12-18(25-27(20)22)16-7-2-1-3-8-16/h1-5,7-9,11-13H,6,10,14-15H2. The van der Waals surface area contributed by atoms with Gasteiger partial charge in [-0.2, -0.15) is 9.61 Å². The summed E-state index contributed by atoms with van der Waals surface area (Å²) in [7, 11) is 0. The molecule has 144 valence electrons. The highest BCUT2D eigenvalue weighted by atomic mass is 32.2. The molecule has 0 saturated heterocycles. The van der Waals surface area contributed by atoms with E-state index in [9.17, 15) is 4.79 Å². The molecule has 6 nitrogen and oxygen atoms in total. The van der Waals surface area contributed by atoms with Crippen molar-refractivity contribution in [3.8, 4) is 11.3 Å². The van der Waals surface area contributed by atoms with E-state index in [0.717, 1.165) is 36.3 Å². The number of amides is 1. The lowest BCUT2D eigenvalue weighted by Gasteiger charge is -2.29. The number of anilines is 1. The van der Waals surface area contributed by atoms with Crippen LogP contribution in [0.1, 0.15) is 12.0 Å². The largest absolute Gasteiger partial charge is 0.311 e. The topological polar surface area (TPSA) is 63.4 Å². The normalized spacial score (nSPS) is 13.4. The van der Waals surface area contributed by atoms with Crippen LogP contribution in [0.3, 0.4) is 0 Å². The number of rotatable bonds is 4. The Morgan fingerprint density at radius 1 is 0.966 bits per heavy atom. The monoisotopic (exact) mass is 401 g/mol. The predicted molar refractivity (Wildman–Crippen MR) is 114 cm³/mol. The summed E-state index contributed by atoms with van der Waals surface area (Å²) in [5, 5.41) is 13.7. The van der Waals surface area contributed by atoms with Crippen LogP contribution in [0, 0.1) is 0 Å². The third kappa shape index (κ3) is 3.49. The lowest BCUT2D eigenvalue weighted by atomic mass is 10.0. The van der Waals surface area contributed by atoms with Crippen LogP contribution in [-0.4, -0.2) is 38.0 Å². The van der Waals surface area contributed by atoms with E-state index in [-0.39, 0.29) is 5.91 Å². The molecular weight excluding hydrogens is 382 g/mol.